The number of imide groups is 1. The minimum atomic E-state index is -0.986. The second-order valence-corrected chi connectivity index (χ2v) is 7.04. The molecule has 1 aliphatic rings. The van der Waals surface area contributed by atoms with E-state index >= 15 is 0 Å². The highest BCUT2D eigenvalue weighted by molar-refractivity contribution is 6.22. The van der Waals surface area contributed by atoms with Crippen LogP contribution in [0, 0.1) is 0 Å². The lowest BCUT2D eigenvalue weighted by atomic mass is 10.1. The molecule has 0 saturated carbocycles. The Kier molecular flexibility index (Phi) is 6.54. The molecule has 0 fully saturated rings. The van der Waals surface area contributed by atoms with Crippen molar-refractivity contribution in [2.24, 2.45) is 0 Å². The number of phenolic OH excluding ortho intramolecular Hbond substituents is 1. The van der Waals surface area contributed by atoms with E-state index in [1.54, 1.807) is 43.3 Å². The maximum absolute atomic E-state index is 12.5. The van der Waals surface area contributed by atoms with Gasteiger partial charge in [0.1, 0.15) is 17.5 Å². The first kappa shape index (κ1) is 21.8. The zero-order chi connectivity index (χ0) is 22.5. The molecule has 0 aliphatic carbocycles. The van der Waals surface area contributed by atoms with Gasteiger partial charge in [0.2, 0.25) is 5.91 Å². The predicted molar refractivity (Wildman–Crippen MR) is 111 cm³/mol. The molecular weight excluding hydrogens is 402 g/mol. The molecule has 0 spiro atoms. The van der Waals surface area contributed by atoms with Gasteiger partial charge in [-0.25, -0.2) is 0 Å². The lowest BCUT2D eigenvalue weighted by Gasteiger charge is -2.22. The smallest absolute Gasteiger partial charge is 0.262 e. The zero-order valence-corrected chi connectivity index (χ0v) is 17.1. The number of carbonyl (C=O) groups is 4. The van der Waals surface area contributed by atoms with Crippen molar-refractivity contribution in [3.8, 4) is 11.5 Å². The number of rotatable bonds is 8. The third-order valence-corrected chi connectivity index (χ3v) is 4.83. The van der Waals surface area contributed by atoms with Crippen LogP contribution >= 0.6 is 0 Å². The molecule has 3 N–H and O–H groups in total. The Bertz CT molecular complexity index is 970. The van der Waals surface area contributed by atoms with Crippen LogP contribution in [0.2, 0.25) is 0 Å². The molecule has 1 heterocycles. The third-order valence-electron chi connectivity index (χ3n) is 4.83. The van der Waals surface area contributed by atoms with Crippen LogP contribution in [-0.4, -0.2) is 58.9 Å². The summed E-state index contributed by atoms with van der Waals surface area (Å²) in [4.78, 5) is 50.4. The molecule has 1 aliphatic heterocycles. The molecule has 3 rings (SSSR count). The maximum atomic E-state index is 12.5. The summed E-state index contributed by atoms with van der Waals surface area (Å²) in [6, 6.07) is 11.4. The number of carbonyl (C=O) groups excluding carboxylic acids is 4. The standard InChI is InChI=1S/C22H23N3O6/c1-13(25-21(29)17-5-3-4-6-18(17)22(25)30)19(27)23-11-12-24-20(28)14(2)31-16-9-7-15(26)8-10-16/h3-10,13-14,26H,11-12H2,1-2H3,(H,23,27)(H,24,28). The van der Waals surface area contributed by atoms with Gasteiger partial charge in [-0.2, -0.15) is 0 Å². The molecule has 2 aromatic carbocycles. The van der Waals surface area contributed by atoms with Gasteiger partial charge in [-0.05, 0) is 50.2 Å². The summed E-state index contributed by atoms with van der Waals surface area (Å²) in [5.74, 6) is -1.36. The lowest BCUT2D eigenvalue weighted by molar-refractivity contribution is -0.128. The fourth-order valence-electron chi connectivity index (χ4n) is 3.12. The van der Waals surface area contributed by atoms with Crippen molar-refractivity contribution in [2.75, 3.05) is 13.1 Å². The molecule has 9 heteroatoms. The van der Waals surface area contributed by atoms with E-state index in [1.165, 1.54) is 19.1 Å². The Morgan fingerprint density at radius 2 is 1.42 bits per heavy atom. The molecule has 2 unspecified atom stereocenters. The third kappa shape index (κ3) is 4.82. The van der Waals surface area contributed by atoms with E-state index in [-0.39, 0.29) is 35.9 Å². The first-order valence-electron chi connectivity index (χ1n) is 9.77. The van der Waals surface area contributed by atoms with Crippen molar-refractivity contribution in [2.45, 2.75) is 26.0 Å². The van der Waals surface area contributed by atoms with E-state index in [0.29, 0.717) is 5.75 Å². The van der Waals surface area contributed by atoms with Crippen LogP contribution in [0.15, 0.2) is 48.5 Å². The SMILES string of the molecule is CC(Oc1ccc(O)cc1)C(=O)NCCNC(=O)C(C)N1C(=O)c2ccccc2C1=O. The largest absolute Gasteiger partial charge is 0.508 e. The second kappa shape index (κ2) is 9.29. The van der Waals surface area contributed by atoms with E-state index in [0.717, 1.165) is 4.90 Å². The summed E-state index contributed by atoms with van der Waals surface area (Å²) in [5, 5.41) is 14.5. The summed E-state index contributed by atoms with van der Waals surface area (Å²) in [5.41, 5.74) is 0.559. The van der Waals surface area contributed by atoms with Gasteiger partial charge in [0.25, 0.3) is 17.7 Å². The Balaban J connectivity index is 1.44. The molecule has 2 atom stereocenters. The summed E-state index contributed by atoms with van der Waals surface area (Å²) in [7, 11) is 0. The molecular formula is C22H23N3O6. The quantitative estimate of drug-likeness (QED) is 0.429. The molecule has 0 bridgehead atoms. The maximum Gasteiger partial charge on any atom is 0.262 e. The highest BCUT2D eigenvalue weighted by Gasteiger charge is 2.40. The first-order chi connectivity index (χ1) is 14.8. The van der Waals surface area contributed by atoms with Gasteiger partial charge in [0.15, 0.2) is 6.10 Å². The summed E-state index contributed by atoms with van der Waals surface area (Å²) >= 11 is 0. The van der Waals surface area contributed by atoms with E-state index in [9.17, 15) is 24.3 Å². The predicted octanol–water partition coefficient (Wildman–Crippen LogP) is 1.08. The van der Waals surface area contributed by atoms with Gasteiger partial charge in [-0.3, -0.25) is 24.1 Å². The number of aromatic hydroxyl groups is 1. The van der Waals surface area contributed by atoms with Gasteiger partial charge in [0.05, 0.1) is 11.1 Å². The summed E-state index contributed by atoms with van der Waals surface area (Å²) in [6.07, 6.45) is -0.780. The number of hydrogen-bond acceptors (Lipinski definition) is 6. The van der Waals surface area contributed by atoms with Crippen LogP contribution in [-0.2, 0) is 9.59 Å². The average molecular weight is 425 g/mol. The molecule has 0 radical (unpaired) electrons. The van der Waals surface area contributed by atoms with Gasteiger partial charge in [0, 0.05) is 13.1 Å². The van der Waals surface area contributed by atoms with Gasteiger partial charge in [-0.1, -0.05) is 12.1 Å². The summed E-state index contributed by atoms with van der Waals surface area (Å²) < 4.78 is 5.48. The van der Waals surface area contributed by atoms with Gasteiger partial charge >= 0.3 is 0 Å². The Labute approximate surface area is 179 Å². The number of nitrogens with one attached hydrogen (secondary N) is 2. The zero-order valence-electron chi connectivity index (χ0n) is 17.1. The van der Waals surface area contributed by atoms with E-state index in [2.05, 4.69) is 10.6 Å². The van der Waals surface area contributed by atoms with Crippen molar-refractivity contribution in [3.63, 3.8) is 0 Å². The topological polar surface area (TPSA) is 125 Å². The van der Waals surface area contributed by atoms with Gasteiger partial charge < -0.3 is 20.5 Å². The normalized spacial score (nSPS) is 14.6. The number of hydrogen-bond donors (Lipinski definition) is 3. The highest BCUT2D eigenvalue weighted by atomic mass is 16.5. The number of ether oxygens (including phenoxy) is 1. The van der Waals surface area contributed by atoms with Crippen molar-refractivity contribution in [1.82, 2.24) is 15.5 Å². The molecule has 0 aromatic heterocycles. The van der Waals surface area contributed by atoms with Crippen LogP contribution in [0.4, 0.5) is 0 Å². The van der Waals surface area contributed by atoms with Crippen LogP contribution in [0.3, 0.4) is 0 Å². The number of nitrogens with zero attached hydrogens (tertiary/aromatic N) is 1. The van der Waals surface area contributed by atoms with Crippen molar-refractivity contribution in [1.29, 1.82) is 0 Å². The monoisotopic (exact) mass is 425 g/mol. The van der Waals surface area contributed by atoms with Gasteiger partial charge in [-0.15, -0.1) is 0 Å². The van der Waals surface area contributed by atoms with Crippen LogP contribution in [0.5, 0.6) is 11.5 Å². The Morgan fingerprint density at radius 1 is 0.903 bits per heavy atom. The minimum absolute atomic E-state index is 0.0932. The highest BCUT2D eigenvalue weighted by Crippen LogP contribution is 2.24. The number of benzene rings is 2. The first-order valence-corrected chi connectivity index (χ1v) is 9.77. The lowest BCUT2D eigenvalue weighted by Crippen LogP contribution is -2.49. The molecule has 4 amide bonds. The number of amides is 4. The van der Waals surface area contributed by atoms with E-state index in [1.807, 2.05) is 0 Å². The molecule has 2 aromatic rings. The number of phenols is 1. The van der Waals surface area contributed by atoms with Crippen LogP contribution < -0.4 is 15.4 Å². The second-order valence-electron chi connectivity index (χ2n) is 7.04. The fourth-order valence-corrected chi connectivity index (χ4v) is 3.12. The van der Waals surface area contributed by atoms with Crippen molar-refractivity contribution >= 4 is 23.6 Å². The van der Waals surface area contributed by atoms with E-state index in [4.69, 9.17) is 4.74 Å². The van der Waals surface area contributed by atoms with Crippen LogP contribution in [0.25, 0.3) is 0 Å². The Morgan fingerprint density at radius 3 is 1.97 bits per heavy atom. The average Bonchev–Trinajstić information content (AvgIpc) is 3.02. The van der Waals surface area contributed by atoms with E-state index < -0.39 is 29.9 Å². The molecule has 0 saturated heterocycles. The van der Waals surface area contributed by atoms with Crippen LogP contribution in [0.1, 0.15) is 34.6 Å². The molecule has 9 nitrogen and oxygen atoms in total. The minimum Gasteiger partial charge on any atom is -0.508 e. The molecule has 31 heavy (non-hydrogen) atoms. The Hall–Kier alpha value is -3.88. The summed E-state index contributed by atoms with van der Waals surface area (Å²) in [6.45, 7) is 3.31. The van der Waals surface area contributed by atoms with Crippen molar-refractivity contribution in [3.05, 3.63) is 59.7 Å². The number of fused-ring (bicyclic) bond motifs is 1. The molecule has 162 valence electrons. The fraction of sp³-hybridized carbons (Fsp3) is 0.273. The van der Waals surface area contributed by atoms with Crippen molar-refractivity contribution < 1.29 is 29.0 Å².